The summed E-state index contributed by atoms with van der Waals surface area (Å²) in [6.45, 7) is -0.165. The SMILES string of the molecule is COc1ccccc1NC(=O)c1ccc(NC(=O)COc2ccc3c(c2)CCC(=O)N3)cc1. The number of carbonyl (C=O) groups is 3. The first kappa shape index (κ1) is 21.9. The standard InChI is InChI=1S/C25H23N3O5/c1-32-22-5-3-2-4-21(22)28-25(31)16-6-9-18(10-7-16)26-24(30)15-33-19-11-12-20-17(14-19)8-13-23(29)27-20/h2-7,9-12,14H,8,13,15H2,1H3,(H,26,30)(H,27,29)(H,28,31). The van der Waals surface area contributed by atoms with Crippen LogP contribution in [0.15, 0.2) is 66.7 Å². The number of benzene rings is 3. The Morgan fingerprint density at radius 1 is 0.970 bits per heavy atom. The molecule has 0 unspecified atom stereocenters. The van der Waals surface area contributed by atoms with Crippen LogP contribution in [0.1, 0.15) is 22.3 Å². The van der Waals surface area contributed by atoms with Crippen molar-refractivity contribution in [2.24, 2.45) is 0 Å². The number of nitrogens with one attached hydrogen (secondary N) is 3. The van der Waals surface area contributed by atoms with Crippen LogP contribution in [0.25, 0.3) is 0 Å². The second-order valence-electron chi connectivity index (χ2n) is 7.44. The van der Waals surface area contributed by atoms with Crippen molar-refractivity contribution in [2.45, 2.75) is 12.8 Å². The molecule has 1 heterocycles. The normalized spacial score (nSPS) is 12.2. The Bertz CT molecular complexity index is 1190. The van der Waals surface area contributed by atoms with Crippen LogP contribution in [0.2, 0.25) is 0 Å². The van der Waals surface area contributed by atoms with Crippen molar-refractivity contribution < 1.29 is 23.9 Å². The Morgan fingerprint density at radius 3 is 2.55 bits per heavy atom. The zero-order valence-corrected chi connectivity index (χ0v) is 18.0. The third kappa shape index (κ3) is 5.48. The van der Waals surface area contributed by atoms with E-state index in [1.807, 2.05) is 12.1 Å². The van der Waals surface area contributed by atoms with E-state index in [0.717, 1.165) is 11.3 Å². The maximum absolute atomic E-state index is 12.5. The highest BCUT2D eigenvalue weighted by Gasteiger charge is 2.15. The van der Waals surface area contributed by atoms with Gasteiger partial charge in [0.05, 0.1) is 12.8 Å². The minimum atomic E-state index is -0.327. The van der Waals surface area contributed by atoms with E-state index in [-0.39, 0.29) is 24.3 Å². The topological polar surface area (TPSA) is 106 Å². The lowest BCUT2D eigenvalue weighted by Gasteiger charge is -2.17. The third-order valence-corrected chi connectivity index (χ3v) is 5.13. The zero-order valence-electron chi connectivity index (χ0n) is 18.0. The molecule has 3 amide bonds. The Kier molecular flexibility index (Phi) is 6.54. The molecule has 0 bridgehead atoms. The lowest BCUT2D eigenvalue weighted by Crippen LogP contribution is -2.21. The van der Waals surface area contributed by atoms with Crippen LogP contribution in [0.3, 0.4) is 0 Å². The molecule has 0 atom stereocenters. The summed E-state index contributed by atoms with van der Waals surface area (Å²) in [6.07, 6.45) is 1.07. The minimum Gasteiger partial charge on any atom is -0.495 e. The summed E-state index contributed by atoms with van der Waals surface area (Å²) in [5.41, 5.74) is 3.32. The van der Waals surface area contributed by atoms with Crippen molar-refractivity contribution in [3.8, 4) is 11.5 Å². The molecule has 1 aliphatic rings. The molecule has 4 rings (SSSR count). The molecular formula is C25H23N3O5. The van der Waals surface area contributed by atoms with Crippen LogP contribution < -0.4 is 25.4 Å². The number of amides is 3. The smallest absolute Gasteiger partial charge is 0.262 e. The predicted molar refractivity (Wildman–Crippen MR) is 125 cm³/mol. The molecule has 0 radical (unpaired) electrons. The molecule has 3 aromatic rings. The van der Waals surface area contributed by atoms with Crippen LogP contribution in [0.4, 0.5) is 17.1 Å². The average molecular weight is 445 g/mol. The molecule has 3 aromatic carbocycles. The summed E-state index contributed by atoms with van der Waals surface area (Å²) in [4.78, 5) is 36.2. The number of ether oxygens (including phenoxy) is 2. The van der Waals surface area contributed by atoms with Gasteiger partial charge in [-0.2, -0.15) is 0 Å². The van der Waals surface area contributed by atoms with E-state index in [2.05, 4.69) is 16.0 Å². The van der Waals surface area contributed by atoms with E-state index in [9.17, 15) is 14.4 Å². The summed E-state index contributed by atoms with van der Waals surface area (Å²) in [7, 11) is 1.54. The Balaban J connectivity index is 1.30. The van der Waals surface area contributed by atoms with Gasteiger partial charge in [0.1, 0.15) is 11.5 Å². The van der Waals surface area contributed by atoms with Crippen LogP contribution in [0.5, 0.6) is 11.5 Å². The Hall–Kier alpha value is -4.33. The molecule has 1 aliphatic heterocycles. The van der Waals surface area contributed by atoms with Crippen LogP contribution in [0, 0.1) is 0 Å². The maximum Gasteiger partial charge on any atom is 0.262 e. The summed E-state index contributed by atoms with van der Waals surface area (Å²) < 4.78 is 10.8. The first-order valence-electron chi connectivity index (χ1n) is 10.4. The van der Waals surface area contributed by atoms with E-state index in [1.54, 1.807) is 54.6 Å². The Morgan fingerprint density at radius 2 is 1.76 bits per heavy atom. The Labute approximate surface area is 190 Å². The van der Waals surface area contributed by atoms with Crippen molar-refractivity contribution in [3.63, 3.8) is 0 Å². The fraction of sp³-hybridized carbons (Fsp3) is 0.160. The van der Waals surface area contributed by atoms with Crippen LogP contribution in [-0.4, -0.2) is 31.4 Å². The number of fused-ring (bicyclic) bond motifs is 1. The molecule has 3 N–H and O–H groups in total. The predicted octanol–water partition coefficient (Wildman–Crippen LogP) is 3.85. The van der Waals surface area contributed by atoms with Crippen molar-refractivity contribution in [2.75, 3.05) is 29.7 Å². The first-order chi connectivity index (χ1) is 16.0. The van der Waals surface area contributed by atoms with Crippen molar-refractivity contribution >= 4 is 34.8 Å². The molecule has 0 spiro atoms. The number of para-hydroxylation sites is 2. The molecule has 0 saturated heterocycles. The summed E-state index contributed by atoms with van der Waals surface area (Å²) in [6, 6.07) is 19.0. The number of hydrogen-bond acceptors (Lipinski definition) is 5. The molecule has 168 valence electrons. The minimum absolute atomic E-state index is 0.00108. The van der Waals surface area contributed by atoms with E-state index in [1.165, 1.54) is 7.11 Å². The molecule has 0 aliphatic carbocycles. The highest BCUT2D eigenvalue weighted by molar-refractivity contribution is 6.05. The van der Waals surface area contributed by atoms with Crippen LogP contribution in [-0.2, 0) is 16.0 Å². The number of aryl methyl sites for hydroxylation is 1. The van der Waals surface area contributed by atoms with Gasteiger partial charge in [-0.1, -0.05) is 12.1 Å². The second-order valence-corrected chi connectivity index (χ2v) is 7.44. The van der Waals surface area contributed by atoms with Gasteiger partial charge in [0.15, 0.2) is 6.61 Å². The second kappa shape index (κ2) is 9.86. The largest absolute Gasteiger partial charge is 0.495 e. The number of carbonyl (C=O) groups excluding carboxylic acids is 3. The number of hydrogen-bond donors (Lipinski definition) is 3. The van der Waals surface area contributed by atoms with Crippen molar-refractivity contribution in [1.82, 2.24) is 0 Å². The number of methoxy groups -OCH3 is 1. The maximum atomic E-state index is 12.5. The third-order valence-electron chi connectivity index (χ3n) is 5.13. The molecule has 8 heteroatoms. The average Bonchev–Trinajstić information content (AvgIpc) is 2.83. The van der Waals surface area contributed by atoms with Crippen LogP contribution >= 0.6 is 0 Å². The molecule has 33 heavy (non-hydrogen) atoms. The van der Waals surface area contributed by atoms with Gasteiger partial charge in [-0.15, -0.1) is 0 Å². The van der Waals surface area contributed by atoms with E-state index in [0.29, 0.717) is 41.3 Å². The van der Waals surface area contributed by atoms with Gasteiger partial charge in [-0.05, 0) is 66.6 Å². The number of anilines is 3. The zero-order chi connectivity index (χ0) is 23.2. The van der Waals surface area contributed by atoms with E-state index in [4.69, 9.17) is 9.47 Å². The summed E-state index contributed by atoms with van der Waals surface area (Å²) >= 11 is 0. The van der Waals surface area contributed by atoms with Crippen molar-refractivity contribution in [3.05, 3.63) is 77.9 Å². The number of rotatable bonds is 7. The molecule has 0 aromatic heterocycles. The molecular weight excluding hydrogens is 422 g/mol. The van der Waals surface area contributed by atoms with E-state index >= 15 is 0 Å². The van der Waals surface area contributed by atoms with Gasteiger partial charge in [-0.3, -0.25) is 14.4 Å². The van der Waals surface area contributed by atoms with Gasteiger partial charge < -0.3 is 25.4 Å². The highest BCUT2D eigenvalue weighted by atomic mass is 16.5. The molecule has 0 saturated carbocycles. The van der Waals surface area contributed by atoms with Gasteiger partial charge in [0.2, 0.25) is 5.91 Å². The molecule has 8 nitrogen and oxygen atoms in total. The van der Waals surface area contributed by atoms with Gasteiger partial charge in [0.25, 0.3) is 11.8 Å². The highest BCUT2D eigenvalue weighted by Crippen LogP contribution is 2.27. The van der Waals surface area contributed by atoms with Gasteiger partial charge >= 0.3 is 0 Å². The van der Waals surface area contributed by atoms with E-state index < -0.39 is 0 Å². The summed E-state index contributed by atoms with van der Waals surface area (Å²) in [5.74, 6) is 0.511. The lowest BCUT2D eigenvalue weighted by molar-refractivity contribution is -0.118. The lowest BCUT2D eigenvalue weighted by atomic mass is 10.0. The fourth-order valence-corrected chi connectivity index (χ4v) is 3.44. The van der Waals surface area contributed by atoms with Gasteiger partial charge in [-0.25, -0.2) is 0 Å². The molecule has 0 fully saturated rings. The van der Waals surface area contributed by atoms with Gasteiger partial charge in [0, 0.05) is 23.4 Å². The monoisotopic (exact) mass is 445 g/mol. The van der Waals surface area contributed by atoms with Crippen molar-refractivity contribution in [1.29, 1.82) is 0 Å². The first-order valence-corrected chi connectivity index (χ1v) is 10.4. The summed E-state index contributed by atoms with van der Waals surface area (Å²) in [5, 5.41) is 8.36. The fourth-order valence-electron chi connectivity index (χ4n) is 3.44. The quantitative estimate of drug-likeness (QED) is 0.512.